The molecule has 2 bridgehead atoms. The van der Waals surface area contributed by atoms with E-state index in [-0.39, 0.29) is 29.0 Å². The molecule has 0 aromatic heterocycles. The predicted molar refractivity (Wildman–Crippen MR) is 102 cm³/mol. The van der Waals surface area contributed by atoms with Gasteiger partial charge >= 0.3 is 5.97 Å². The Kier molecular flexibility index (Phi) is 5.09. The third-order valence-electron chi connectivity index (χ3n) is 8.70. The fraction of sp³-hybridized carbons (Fsp3) is 0.818. The number of rotatable bonds is 3. The summed E-state index contributed by atoms with van der Waals surface area (Å²) in [4.78, 5) is 25.2. The molecule has 3 aliphatic rings. The zero-order chi connectivity index (χ0) is 20.2. The van der Waals surface area contributed by atoms with Crippen LogP contribution in [0.3, 0.4) is 0 Å². The lowest BCUT2D eigenvalue weighted by molar-refractivity contribution is -0.207. The Morgan fingerprint density at radius 2 is 2.00 bits per heavy atom. The highest BCUT2D eigenvalue weighted by atomic mass is 16.6. The Labute approximate surface area is 162 Å². The van der Waals surface area contributed by atoms with Crippen LogP contribution in [0.5, 0.6) is 0 Å². The Hall–Kier alpha value is -1.20. The first kappa shape index (κ1) is 20.5. The van der Waals surface area contributed by atoms with Crippen molar-refractivity contribution in [3.8, 4) is 0 Å². The van der Waals surface area contributed by atoms with Crippen molar-refractivity contribution < 1.29 is 24.5 Å². The van der Waals surface area contributed by atoms with Crippen LogP contribution in [0.2, 0.25) is 0 Å². The van der Waals surface area contributed by atoms with Gasteiger partial charge < -0.3 is 14.9 Å². The van der Waals surface area contributed by atoms with Crippen molar-refractivity contribution in [3.05, 3.63) is 12.7 Å². The SMILES string of the molecule is C=C[C@]1(C)C[C@@H](OC(=O)CO)[C@]2(C)[C@H](C)CC[C@]3(CCC(=O)[C@H]32)C(C)[C@@H]1O. The summed E-state index contributed by atoms with van der Waals surface area (Å²) >= 11 is 0. The van der Waals surface area contributed by atoms with E-state index in [1.165, 1.54) is 0 Å². The van der Waals surface area contributed by atoms with E-state index in [1.54, 1.807) is 6.08 Å². The number of Topliss-reactive ketones (excluding diaryl/α,β-unsaturated/α-hetero) is 1. The van der Waals surface area contributed by atoms with Crippen molar-refractivity contribution in [1.29, 1.82) is 0 Å². The van der Waals surface area contributed by atoms with E-state index in [2.05, 4.69) is 27.4 Å². The van der Waals surface area contributed by atoms with Crippen LogP contribution in [0.25, 0.3) is 0 Å². The zero-order valence-electron chi connectivity index (χ0n) is 17.0. The van der Waals surface area contributed by atoms with Crippen LogP contribution in [0.15, 0.2) is 12.7 Å². The second-order valence-electron chi connectivity index (χ2n) is 9.72. The van der Waals surface area contributed by atoms with E-state index in [9.17, 15) is 19.8 Å². The minimum atomic E-state index is -0.686. The molecule has 2 N–H and O–H groups in total. The van der Waals surface area contributed by atoms with Crippen LogP contribution in [-0.4, -0.2) is 40.8 Å². The van der Waals surface area contributed by atoms with Gasteiger partial charge in [-0.1, -0.05) is 33.8 Å². The highest BCUT2D eigenvalue weighted by molar-refractivity contribution is 5.85. The van der Waals surface area contributed by atoms with Gasteiger partial charge in [0, 0.05) is 23.2 Å². The van der Waals surface area contributed by atoms with Crippen LogP contribution in [0.1, 0.15) is 59.8 Å². The van der Waals surface area contributed by atoms with Crippen LogP contribution in [0, 0.1) is 34.0 Å². The maximum absolute atomic E-state index is 13.1. The van der Waals surface area contributed by atoms with Crippen LogP contribution in [0.4, 0.5) is 0 Å². The van der Waals surface area contributed by atoms with Crippen LogP contribution in [-0.2, 0) is 14.3 Å². The topological polar surface area (TPSA) is 83.8 Å². The number of aliphatic hydroxyl groups is 2. The monoisotopic (exact) mass is 378 g/mol. The number of carbonyl (C=O) groups is 2. The van der Waals surface area contributed by atoms with Gasteiger partial charge in [0.15, 0.2) is 0 Å². The molecule has 5 heteroatoms. The lowest BCUT2D eigenvalue weighted by Gasteiger charge is -2.61. The van der Waals surface area contributed by atoms with Crippen LogP contribution < -0.4 is 0 Å². The minimum Gasteiger partial charge on any atom is -0.460 e. The summed E-state index contributed by atoms with van der Waals surface area (Å²) in [5, 5.41) is 20.6. The van der Waals surface area contributed by atoms with Gasteiger partial charge in [0.1, 0.15) is 18.5 Å². The van der Waals surface area contributed by atoms with Gasteiger partial charge in [-0.05, 0) is 42.9 Å². The van der Waals surface area contributed by atoms with Crippen molar-refractivity contribution in [2.45, 2.75) is 72.0 Å². The number of aliphatic hydroxyl groups excluding tert-OH is 2. The molecule has 0 saturated heterocycles. The Morgan fingerprint density at radius 3 is 2.59 bits per heavy atom. The van der Waals surface area contributed by atoms with Gasteiger partial charge in [-0.15, -0.1) is 6.58 Å². The molecule has 152 valence electrons. The van der Waals surface area contributed by atoms with Crippen molar-refractivity contribution in [1.82, 2.24) is 0 Å². The van der Waals surface area contributed by atoms with E-state index in [0.717, 1.165) is 19.3 Å². The van der Waals surface area contributed by atoms with E-state index >= 15 is 0 Å². The van der Waals surface area contributed by atoms with Crippen molar-refractivity contribution in [2.24, 2.45) is 34.0 Å². The van der Waals surface area contributed by atoms with Crippen molar-refractivity contribution in [2.75, 3.05) is 6.61 Å². The molecule has 3 saturated carbocycles. The maximum atomic E-state index is 13.1. The van der Waals surface area contributed by atoms with Gasteiger partial charge in [-0.2, -0.15) is 0 Å². The number of hydrogen-bond donors (Lipinski definition) is 2. The second kappa shape index (κ2) is 6.70. The second-order valence-corrected chi connectivity index (χ2v) is 9.72. The average molecular weight is 379 g/mol. The fourth-order valence-electron chi connectivity index (χ4n) is 6.70. The highest BCUT2D eigenvalue weighted by Crippen LogP contribution is 2.67. The Bertz CT molecular complexity index is 645. The molecule has 27 heavy (non-hydrogen) atoms. The van der Waals surface area contributed by atoms with Gasteiger partial charge in [0.2, 0.25) is 0 Å². The summed E-state index contributed by atoms with van der Waals surface area (Å²) in [6.45, 7) is 11.5. The quantitative estimate of drug-likeness (QED) is 0.583. The Morgan fingerprint density at radius 1 is 1.33 bits per heavy atom. The molecule has 3 fully saturated rings. The smallest absolute Gasteiger partial charge is 0.332 e. The molecule has 8 atom stereocenters. The average Bonchev–Trinajstić information content (AvgIpc) is 3.00. The fourth-order valence-corrected chi connectivity index (χ4v) is 6.70. The summed E-state index contributed by atoms with van der Waals surface area (Å²) in [7, 11) is 0. The molecule has 0 radical (unpaired) electrons. The summed E-state index contributed by atoms with van der Waals surface area (Å²) in [6.07, 6.45) is 4.10. The number of ketones is 1. The maximum Gasteiger partial charge on any atom is 0.332 e. The molecular formula is C22H34O5. The largest absolute Gasteiger partial charge is 0.460 e. The summed E-state index contributed by atoms with van der Waals surface area (Å²) in [5.41, 5.74) is -1.43. The van der Waals surface area contributed by atoms with Gasteiger partial charge in [-0.3, -0.25) is 4.79 Å². The Balaban J connectivity index is 2.21. The lowest BCUT2D eigenvalue weighted by Crippen LogP contribution is -2.63. The first-order valence-electron chi connectivity index (χ1n) is 10.2. The van der Waals surface area contributed by atoms with Gasteiger partial charge in [0.25, 0.3) is 0 Å². The summed E-state index contributed by atoms with van der Waals surface area (Å²) in [5.74, 6) is -0.520. The predicted octanol–water partition coefficient (Wildman–Crippen LogP) is 2.89. The van der Waals surface area contributed by atoms with Gasteiger partial charge in [-0.25, -0.2) is 4.79 Å². The molecule has 0 amide bonds. The third kappa shape index (κ3) is 2.72. The zero-order valence-corrected chi connectivity index (χ0v) is 17.0. The molecular weight excluding hydrogens is 344 g/mol. The number of ether oxygens (including phenoxy) is 1. The molecule has 0 spiro atoms. The molecule has 0 aliphatic heterocycles. The molecule has 3 rings (SSSR count). The molecule has 3 aliphatic carbocycles. The summed E-state index contributed by atoms with van der Waals surface area (Å²) < 4.78 is 5.77. The van der Waals surface area contributed by atoms with E-state index < -0.39 is 35.6 Å². The molecule has 1 unspecified atom stereocenters. The number of carbonyl (C=O) groups excluding carboxylic acids is 2. The van der Waals surface area contributed by atoms with E-state index in [1.807, 2.05) is 6.92 Å². The normalized spacial score (nSPS) is 49.7. The summed E-state index contributed by atoms with van der Waals surface area (Å²) in [6, 6.07) is 0. The minimum absolute atomic E-state index is 0.0433. The van der Waals surface area contributed by atoms with Crippen molar-refractivity contribution in [3.63, 3.8) is 0 Å². The molecule has 0 aromatic carbocycles. The molecule has 0 heterocycles. The van der Waals surface area contributed by atoms with E-state index in [4.69, 9.17) is 4.74 Å². The lowest BCUT2D eigenvalue weighted by atomic mass is 9.44. The number of esters is 1. The standard InChI is InChI=1S/C22H34O5/c1-6-20(4)11-16(27-17(25)12-23)21(5)13(2)7-9-22(14(3)19(20)26)10-8-15(24)18(21)22/h6,13-14,16,18-19,23,26H,1,7-12H2,2-5H3/t13-,14?,16-,18+,19+,20-,21+,22+/m1/s1. The molecule has 0 aromatic rings. The highest BCUT2D eigenvalue weighted by Gasteiger charge is 2.68. The molecule has 5 nitrogen and oxygen atoms in total. The van der Waals surface area contributed by atoms with Gasteiger partial charge in [0.05, 0.1) is 6.10 Å². The van der Waals surface area contributed by atoms with E-state index in [0.29, 0.717) is 12.8 Å². The van der Waals surface area contributed by atoms with Crippen LogP contribution >= 0.6 is 0 Å². The third-order valence-corrected chi connectivity index (χ3v) is 8.70. The van der Waals surface area contributed by atoms with Crippen molar-refractivity contribution >= 4 is 11.8 Å². The number of hydrogen-bond acceptors (Lipinski definition) is 5. The first-order valence-corrected chi connectivity index (χ1v) is 10.2. The first-order chi connectivity index (χ1) is 12.6.